The fourth-order valence-corrected chi connectivity index (χ4v) is 2.50. The molecule has 0 aliphatic carbocycles. The number of ether oxygens (including phenoxy) is 1. The van der Waals surface area contributed by atoms with Crippen molar-refractivity contribution in [3.63, 3.8) is 0 Å². The Morgan fingerprint density at radius 3 is 2.95 bits per heavy atom. The van der Waals surface area contributed by atoms with Crippen LogP contribution in [0.2, 0.25) is 0 Å². The molecule has 3 rings (SSSR count). The molecule has 1 aromatic carbocycles. The van der Waals surface area contributed by atoms with Gasteiger partial charge in [0.15, 0.2) is 11.7 Å². The molecule has 0 spiro atoms. The van der Waals surface area contributed by atoms with Gasteiger partial charge < -0.3 is 14.5 Å². The maximum absolute atomic E-state index is 11.8. The number of nitrogens with one attached hydrogen (secondary N) is 1. The van der Waals surface area contributed by atoms with Gasteiger partial charge in [-0.15, -0.1) is 0 Å². The minimum atomic E-state index is 0.00922. The van der Waals surface area contributed by atoms with Crippen molar-refractivity contribution in [2.75, 3.05) is 13.2 Å². The molecule has 22 heavy (non-hydrogen) atoms. The fourth-order valence-electron chi connectivity index (χ4n) is 2.50. The van der Waals surface area contributed by atoms with E-state index in [-0.39, 0.29) is 12.0 Å². The summed E-state index contributed by atoms with van der Waals surface area (Å²) >= 11 is 0. The van der Waals surface area contributed by atoms with E-state index in [1.54, 1.807) is 6.20 Å². The lowest BCUT2D eigenvalue weighted by molar-refractivity contribution is -0.121. The highest BCUT2D eigenvalue weighted by Crippen LogP contribution is 2.20. The van der Waals surface area contributed by atoms with Gasteiger partial charge in [0.1, 0.15) is 0 Å². The van der Waals surface area contributed by atoms with Gasteiger partial charge in [-0.05, 0) is 12.8 Å². The SMILES string of the molecule is O=C(CCc1ncc(-c2ccccc2)o1)NCC1CCCO1. The molecule has 1 aliphatic heterocycles. The Kier molecular flexibility index (Phi) is 4.85. The molecule has 1 saturated heterocycles. The van der Waals surface area contributed by atoms with E-state index in [2.05, 4.69) is 10.3 Å². The van der Waals surface area contributed by atoms with Crippen molar-refractivity contribution < 1.29 is 13.9 Å². The maximum Gasteiger partial charge on any atom is 0.220 e. The topological polar surface area (TPSA) is 64.4 Å². The number of carbonyl (C=O) groups is 1. The monoisotopic (exact) mass is 300 g/mol. The summed E-state index contributed by atoms with van der Waals surface area (Å²) in [5.41, 5.74) is 0.990. The summed E-state index contributed by atoms with van der Waals surface area (Å²) in [6.45, 7) is 1.40. The Bertz CT molecular complexity index is 603. The van der Waals surface area contributed by atoms with Crippen LogP contribution in [0.15, 0.2) is 40.9 Å². The quantitative estimate of drug-likeness (QED) is 0.890. The highest BCUT2D eigenvalue weighted by molar-refractivity contribution is 5.76. The molecule has 0 radical (unpaired) electrons. The largest absolute Gasteiger partial charge is 0.441 e. The first-order valence-corrected chi connectivity index (χ1v) is 7.70. The highest BCUT2D eigenvalue weighted by Gasteiger charge is 2.16. The normalized spacial score (nSPS) is 17.5. The number of hydrogen-bond acceptors (Lipinski definition) is 4. The number of benzene rings is 1. The number of amides is 1. The van der Waals surface area contributed by atoms with Crippen LogP contribution in [-0.4, -0.2) is 30.1 Å². The van der Waals surface area contributed by atoms with Crippen molar-refractivity contribution in [3.05, 3.63) is 42.4 Å². The molecular weight excluding hydrogens is 280 g/mol. The molecule has 0 saturated carbocycles. The van der Waals surface area contributed by atoms with Gasteiger partial charge in [-0.1, -0.05) is 30.3 Å². The van der Waals surface area contributed by atoms with Gasteiger partial charge in [0.05, 0.1) is 12.3 Å². The van der Waals surface area contributed by atoms with Crippen molar-refractivity contribution in [1.82, 2.24) is 10.3 Å². The van der Waals surface area contributed by atoms with Crippen LogP contribution in [0.5, 0.6) is 0 Å². The van der Waals surface area contributed by atoms with E-state index in [4.69, 9.17) is 9.15 Å². The number of aryl methyl sites for hydroxylation is 1. The molecule has 1 aliphatic rings. The van der Waals surface area contributed by atoms with Crippen molar-refractivity contribution in [1.29, 1.82) is 0 Å². The highest BCUT2D eigenvalue weighted by atomic mass is 16.5. The summed E-state index contributed by atoms with van der Waals surface area (Å²) in [6.07, 6.45) is 4.87. The van der Waals surface area contributed by atoms with Crippen molar-refractivity contribution in [2.24, 2.45) is 0 Å². The zero-order chi connectivity index (χ0) is 15.2. The second-order valence-corrected chi connectivity index (χ2v) is 5.42. The predicted octanol–water partition coefficient (Wildman–Crippen LogP) is 2.57. The van der Waals surface area contributed by atoms with Crippen LogP contribution in [0.25, 0.3) is 11.3 Å². The molecule has 1 N–H and O–H groups in total. The van der Waals surface area contributed by atoms with E-state index in [0.717, 1.165) is 30.8 Å². The first-order chi connectivity index (χ1) is 10.8. The summed E-state index contributed by atoms with van der Waals surface area (Å²) in [7, 11) is 0. The molecule has 5 nitrogen and oxygen atoms in total. The van der Waals surface area contributed by atoms with Gasteiger partial charge in [-0.3, -0.25) is 4.79 Å². The third kappa shape index (κ3) is 3.95. The first kappa shape index (κ1) is 14.8. The Morgan fingerprint density at radius 1 is 1.32 bits per heavy atom. The van der Waals surface area contributed by atoms with Gasteiger partial charge in [0, 0.05) is 31.6 Å². The summed E-state index contributed by atoms with van der Waals surface area (Å²) < 4.78 is 11.2. The number of rotatable bonds is 6. The Morgan fingerprint density at radius 2 is 2.18 bits per heavy atom. The molecule has 2 heterocycles. The smallest absolute Gasteiger partial charge is 0.220 e. The molecule has 1 fully saturated rings. The van der Waals surface area contributed by atoms with Crippen molar-refractivity contribution in [3.8, 4) is 11.3 Å². The Hall–Kier alpha value is -2.14. The van der Waals surface area contributed by atoms with E-state index in [1.807, 2.05) is 30.3 Å². The molecule has 1 unspecified atom stereocenters. The Labute approximate surface area is 129 Å². The fraction of sp³-hybridized carbons (Fsp3) is 0.412. The molecular formula is C17H20N2O3. The lowest BCUT2D eigenvalue weighted by atomic mass is 10.2. The molecule has 116 valence electrons. The number of carbonyl (C=O) groups excluding carboxylic acids is 1. The van der Waals surface area contributed by atoms with Crippen LogP contribution >= 0.6 is 0 Å². The van der Waals surface area contributed by atoms with Gasteiger partial charge in [0.25, 0.3) is 0 Å². The zero-order valence-electron chi connectivity index (χ0n) is 12.5. The first-order valence-electron chi connectivity index (χ1n) is 7.70. The van der Waals surface area contributed by atoms with E-state index in [1.165, 1.54) is 0 Å². The van der Waals surface area contributed by atoms with Crippen LogP contribution in [0, 0.1) is 0 Å². The van der Waals surface area contributed by atoms with E-state index in [9.17, 15) is 4.79 Å². The Balaban J connectivity index is 1.45. The van der Waals surface area contributed by atoms with Crippen LogP contribution in [0.1, 0.15) is 25.2 Å². The minimum Gasteiger partial charge on any atom is -0.441 e. The maximum atomic E-state index is 11.8. The van der Waals surface area contributed by atoms with Gasteiger partial charge >= 0.3 is 0 Å². The van der Waals surface area contributed by atoms with E-state index >= 15 is 0 Å². The van der Waals surface area contributed by atoms with Gasteiger partial charge in [-0.2, -0.15) is 0 Å². The molecule has 5 heteroatoms. The molecule has 1 amide bonds. The third-order valence-corrected chi connectivity index (χ3v) is 3.73. The van der Waals surface area contributed by atoms with E-state index in [0.29, 0.717) is 25.3 Å². The standard InChI is InChI=1S/C17H20N2O3/c20-16(18-11-14-7-4-10-21-14)8-9-17-19-12-15(22-17)13-5-2-1-3-6-13/h1-3,5-6,12,14H,4,7-11H2,(H,18,20). The lowest BCUT2D eigenvalue weighted by Crippen LogP contribution is -2.31. The summed E-state index contributed by atoms with van der Waals surface area (Å²) in [6, 6.07) is 9.81. The van der Waals surface area contributed by atoms with Gasteiger partial charge in [-0.25, -0.2) is 4.98 Å². The molecule has 1 atom stereocenters. The average molecular weight is 300 g/mol. The summed E-state index contributed by atoms with van der Waals surface area (Å²) in [4.78, 5) is 16.0. The lowest BCUT2D eigenvalue weighted by Gasteiger charge is -2.10. The van der Waals surface area contributed by atoms with Crippen molar-refractivity contribution in [2.45, 2.75) is 31.8 Å². The van der Waals surface area contributed by atoms with Crippen LogP contribution < -0.4 is 5.32 Å². The van der Waals surface area contributed by atoms with Crippen LogP contribution in [0.4, 0.5) is 0 Å². The number of nitrogens with zero attached hydrogens (tertiary/aromatic N) is 1. The number of oxazole rings is 1. The van der Waals surface area contributed by atoms with E-state index < -0.39 is 0 Å². The number of hydrogen-bond donors (Lipinski definition) is 1. The molecule has 1 aromatic heterocycles. The second-order valence-electron chi connectivity index (χ2n) is 5.42. The summed E-state index contributed by atoms with van der Waals surface area (Å²) in [5.74, 6) is 1.33. The van der Waals surface area contributed by atoms with Gasteiger partial charge in [0.2, 0.25) is 5.91 Å². The molecule has 2 aromatic rings. The number of aromatic nitrogens is 1. The molecule has 0 bridgehead atoms. The average Bonchev–Trinajstić information content (AvgIpc) is 3.23. The minimum absolute atomic E-state index is 0.00922. The van der Waals surface area contributed by atoms with Crippen LogP contribution in [0.3, 0.4) is 0 Å². The summed E-state index contributed by atoms with van der Waals surface area (Å²) in [5, 5.41) is 2.90. The van der Waals surface area contributed by atoms with Crippen LogP contribution in [-0.2, 0) is 16.0 Å². The predicted molar refractivity (Wildman–Crippen MR) is 82.2 cm³/mol. The second kappa shape index (κ2) is 7.22. The zero-order valence-corrected chi connectivity index (χ0v) is 12.5. The third-order valence-electron chi connectivity index (χ3n) is 3.73. The van der Waals surface area contributed by atoms with Crippen molar-refractivity contribution >= 4 is 5.91 Å².